The molecule has 0 spiro atoms. The topological polar surface area (TPSA) is 149 Å². The van der Waals surface area contributed by atoms with Crippen molar-refractivity contribution in [2.75, 3.05) is 6.54 Å². The lowest BCUT2D eigenvalue weighted by Crippen LogP contribution is -2.22. The minimum Gasteiger partial charge on any atom is -0.494 e. The number of nitrogens with one attached hydrogen (secondary N) is 3. The van der Waals surface area contributed by atoms with Crippen molar-refractivity contribution in [2.24, 2.45) is 4.99 Å². The Morgan fingerprint density at radius 2 is 1.88 bits per heavy atom. The number of aromatic amines is 2. The maximum Gasteiger partial charge on any atom is 0.270 e. The Bertz CT molecular complexity index is 1720. The van der Waals surface area contributed by atoms with Crippen LogP contribution in [0, 0.1) is 10.1 Å². The van der Waals surface area contributed by atoms with Crippen molar-refractivity contribution in [3.63, 3.8) is 0 Å². The summed E-state index contributed by atoms with van der Waals surface area (Å²) >= 11 is 0. The van der Waals surface area contributed by atoms with Crippen LogP contribution in [0.4, 0.5) is 11.4 Å². The van der Waals surface area contributed by atoms with E-state index in [1.807, 2.05) is 60.7 Å². The number of aromatic hydroxyl groups is 1. The molecule has 0 unspecified atom stereocenters. The summed E-state index contributed by atoms with van der Waals surface area (Å²) in [6.07, 6.45) is 7.87. The number of benzene rings is 3. The minimum absolute atomic E-state index is 0.0854. The summed E-state index contributed by atoms with van der Waals surface area (Å²) in [6.45, 7) is 2.00. The third-order valence-corrected chi connectivity index (χ3v) is 6.33. The Morgan fingerprint density at radius 1 is 1.10 bits per heavy atom. The lowest BCUT2D eigenvalue weighted by Gasteiger charge is -2.10. The molecular formula is C30H26N6O4. The van der Waals surface area contributed by atoms with Crippen molar-refractivity contribution in [2.45, 2.75) is 13.3 Å². The predicted molar refractivity (Wildman–Crippen MR) is 155 cm³/mol. The largest absolute Gasteiger partial charge is 0.494 e. The van der Waals surface area contributed by atoms with Gasteiger partial charge in [-0.1, -0.05) is 42.5 Å². The van der Waals surface area contributed by atoms with Crippen molar-refractivity contribution in [1.82, 2.24) is 20.3 Å². The highest BCUT2D eigenvalue weighted by Crippen LogP contribution is 2.33. The molecule has 3 aromatic carbocycles. The second kappa shape index (κ2) is 11.5. The first-order valence-corrected chi connectivity index (χ1v) is 12.6. The molecule has 0 fully saturated rings. The molecule has 0 atom stereocenters. The highest BCUT2D eigenvalue weighted by atomic mass is 16.6. The van der Waals surface area contributed by atoms with Crippen LogP contribution in [0.5, 0.6) is 5.88 Å². The van der Waals surface area contributed by atoms with E-state index in [1.165, 1.54) is 19.1 Å². The number of carbonyl (C=O) groups excluding carboxylic acids is 1. The van der Waals surface area contributed by atoms with Crippen LogP contribution in [0.25, 0.3) is 23.1 Å². The molecule has 0 aliphatic heterocycles. The highest BCUT2D eigenvalue weighted by Gasteiger charge is 2.21. The van der Waals surface area contributed by atoms with Gasteiger partial charge in [-0.3, -0.25) is 14.9 Å². The molecule has 200 valence electrons. The van der Waals surface area contributed by atoms with Gasteiger partial charge in [0.2, 0.25) is 5.91 Å². The molecule has 2 heterocycles. The van der Waals surface area contributed by atoms with Crippen molar-refractivity contribution >= 4 is 46.0 Å². The van der Waals surface area contributed by atoms with E-state index in [2.05, 4.69) is 20.3 Å². The number of carbonyl (C=O) groups is 1. The van der Waals surface area contributed by atoms with E-state index < -0.39 is 4.92 Å². The van der Waals surface area contributed by atoms with Gasteiger partial charge in [0.05, 0.1) is 40.1 Å². The molecule has 5 rings (SSSR count). The maximum atomic E-state index is 11.5. The van der Waals surface area contributed by atoms with Crippen molar-refractivity contribution in [1.29, 1.82) is 0 Å². The molecule has 10 heteroatoms. The number of non-ortho nitro benzene ring substituents is 1. The van der Waals surface area contributed by atoms with Gasteiger partial charge in [0.25, 0.3) is 5.69 Å². The van der Waals surface area contributed by atoms with E-state index in [9.17, 15) is 20.0 Å². The molecule has 40 heavy (non-hydrogen) atoms. The molecule has 1 amide bonds. The molecule has 10 nitrogen and oxygen atoms in total. The first-order chi connectivity index (χ1) is 19.4. The third kappa shape index (κ3) is 5.97. The van der Waals surface area contributed by atoms with Crippen LogP contribution in [0.15, 0.2) is 84.2 Å². The van der Waals surface area contributed by atoms with Gasteiger partial charge in [-0.15, -0.1) is 0 Å². The van der Waals surface area contributed by atoms with Gasteiger partial charge in [0.1, 0.15) is 0 Å². The number of amides is 1. The molecule has 0 radical (unpaired) electrons. The smallest absolute Gasteiger partial charge is 0.270 e. The summed E-state index contributed by atoms with van der Waals surface area (Å²) in [7, 11) is 0. The van der Waals surface area contributed by atoms with Crippen LogP contribution >= 0.6 is 0 Å². The summed E-state index contributed by atoms with van der Waals surface area (Å²) in [4.78, 5) is 37.0. The monoisotopic (exact) mass is 534 g/mol. The fourth-order valence-corrected chi connectivity index (χ4v) is 4.33. The second-order valence-corrected chi connectivity index (χ2v) is 9.16. The van der Waals surface area contributed by atoms with Crippen LogP contribution in [-0.4, -0.2) is 43.1 Å². The normalized spacial score (nSPS) is 11.8. The van der Waals surface area contributed by atoms with Gasteiger partial charge in [0, 0.05) is 42.1 Å². The molecule has 5 aromatic rings. The van der Waals surface area contributed by atoms with Crippen molar-refractivity contribution in [3.8, 4) is 5.88 Å². The molecule has 0 saturated carbocycles. The Labute approximate surface area is 229 Å². The molecule has 0 aliphatic rings. The van der Waals surface area contributed by atoms with E-state index in [1.54, 1.807) is 18.6 Å². The maximum absolute atomic E-state index is 11.5. The van der Waals surface area contributed by atoms with Crippen LogP contribution in [-0.2, 0) is 11.2 Å². The summed E-state index contributed by atoms with van der Waals surface area (Å²) < 4.78 is 0. The van der Waals surface area contributed by atoms with Crippen LogP contribution in [0.3, 0.4) is 0 Å². The Hall–Kier alpha value is -5.51. The fourth-order valence-electron chi connectivity index (χ4n) is 4.33. The number of rotatable bonds is 9. The van der Waals surface area contributed by atoms with E-state index in [-0.39, 0.29) is 17.5 Å². The first kappa shape index (κ1) is 26.1. The number of nitro groups is 1. The SMILES string of the molecule is CC(=O)NCCc1ccc(C(=Nc2ccc(/C=C/c3cnc[nH]3)cc2)c2c(O)[nH]c3ccc([N+](=O)[O-])cc23)cc1. The zero-order chi connectivity index (χ0) is 28.1. The van der Waals surface area contributed by atoms with E-state index in [4.69, 9.17) is 4.99 Å². The Morgan fingerprint density at radius 3 is 2.55 bits per heavy atom. The summed E-state index contributed by atoms with van der Waals surface area (Å²) in [5.74, 6) is -0.221. The first-order valence-electron chi connectivity index (χ1n) is 12.6. The number of hydrogen-bond donors (Lipinski definition) is 4. The van der Waals surface area contributed by atoms with Crippen LogP contribution in [0.2, 0.25) is 0 Å². The quantitative estimate of drug-likeness (QED) is 0.112. The number of nitrogens with zero attached hydrogens (tertiary/aromatic N) is 3. The predicted octanol–water partition coefficient (Wildman–Crippen LogP) is 5.52. The minimum atomic E-state index is -0.469. The van der Waals surface area contributed by atoms with Gasteiger partial charge in [0.15, 0.2) is 5.88 Å². The van der Waals surface area contributed by atoms with E-state index in [0.29, 0.717) is 46.4 Å². The molecule has 2 aromatic heterocycles. The number of nitro benzene ring substituents is 1. The van der Waals surface area contributed by atoms with Gasteiger partial charge in [-0.2, -0.15) is 0 Å². The van der Waals surface area contributed by atoms with E-state index >= 15 is 0 Å². The van der Waals surface area contributed by atoms with E-state index in [0.717, 1.165) is 16.8 Å². The number of fused-ring (bicyclic) bond motifs is 1. The zero-order valence-electron chi connectivity index (χ0n) is 21.6. The summed E-state index contributed by atoms with van der Waals surface area (Å²) in [5.41, 5.74) is 5.51. The Balaban J connectivity index is 1.55. The molecule has 0 saturated heterocycles. The molecule has 4 N–H and O–H groups in total. The number of aliphatic imine (C=N–C) groups is 1. The summed E-state index contributed by atoms with van der Waals surface area (Å²) in [5, 5.41) is 25.7. The number of imidazole rings is 1. The zero-order valence-corrected chi connectivity index (χ0v) is 21.6. The molecule has 0 bridgehead atoms. The fraction of sp³-hybridized carbons (Fsp3) is 0.100. The Kier molecular flexibility index (Phi) is 7.49. The summed E-state index contributed by atoms with van der Waals surface area (Å²) in [6, 6.07) is 19.6. The van der Waals surface area contributed by atoms with Crippen LogP contribution in [0.1, 0.15) is 34.9 Å². The lowest BCUT2D eigenvalue weighted by atomic mass is 9.98. The number of aromatic nitrogens is 3. The van der Waals surface area contributed by atoms with Crippen molar-refractivity contribution < 1.29 is 14.8 Å². The van der Waals surface area contributed by atoms with Crippen molar-refractivity contribution in [3.05, 3.63) is 117 Å². The average molecular weight is 535 g/mol. The standard InChI is InChI=1S/C30H26N6O4/c1-19(37)32-15-14-21-2-7-22(8-3-21)29(28-26-16-25(36(39)40)12-13-27(26)35-30(28)38)34-23-9-4-20(5-10-23)6-11-24-17-31-18-33-24/h2-13,16-18,35,38H,14-15H2,1H3,(H,31,33)(H,32,37)/b11-6+,34-29?. The van der Waals surface area contributed by atoms with Gasteiger partial charge in [-0.05, 0) is 41.8 Å². The lowest BCUT2D eigenvalue weighted by molar-refractivity contribution is -0.384. The molecular weight excluding hydrogens is 508 g/mol. The average Bonchev–Trinajstić information content (AvgIpc) is 3.58. The van der Waals surface area contributed by atoms with Crippen LogP contribution < -0.4 is 5.32 Å². The highest BCUT2D eigenvalue weighted by molar-refractivity contribution is 6.22. The van der Waals surface area contributed by atoms with Gasteiger partial charge in [-0.25, -0.2) is 9.98 Å². The molecule has 0 aliphatic carbocycles. The number of H-pyrrole nitrogens is 2. The second-order valence-electron chi connectivity index (χ2n) is 9.16. The van der Waals surface area contributed by atoms with Gasteiger partial charge >= 0.3 is 0 Å². The number of hydrogen-bond acceptors (Lipinski definition) is 6. The third-order valence-electron chi connectivity index (χ3n) is 6.33. The van der Waals surface area contributed by atoms with Gasteiger partial charge < -0.3 is 20.4 Å².